The highest BCUT2D eigenvalue weighted by Crippen LogP contribution is 2.36. The molecule has 2 N–H and O–H groups in total. The van der Waals surface area contributed by atoms with Crippen LogP contribution in [-0.4, -0.2) is 24.7 Å². The minimum absolute atomic E-state index is 0.0781. The summed E-state index contributed by atoms with van der Waals surface area (Å²) in [6, 6.07) is 3.32. The summed E-state index contributed by atoms with van der Waals surface area (Å²) in [6.07, 6.45) is 6.76. The number of carbonyl (C=O) groups is 1. The largest absolute Gasteiger partial charge is 0.493 e. The highest BCUT2D eigenvalue weighted by atomic mass is 35.5. The Balaban J connectivity index is 2.37. The van der Waals surface area contributed by atoms with E-state index >= 15 is 0 Å². The second kappa shape index (κ2) is 6.48. The molecule has 1 aromatic carbocycles. The van der Waals surface area contributed by atoms with E-state index in [-0.39, 0.29) is 17.6 Å². The molecule has 2 rings (SSSR count). The smallest absolute Gasteiger partial charge is 0.273 e. The van der Waals surface area contributed by atoms with Gasteiger partial charge in [0.2, 0.25) is 0 Å². The van der Waals surface area contributed by atoms with Crippen LogP contribution in [0.3, 0.4) is 0 Å². The van der Waals surface area contributed by atoms with Gasteiger partial charge >= 0.3 is 0 Å². The molecule has 7 heteroatoms. The third kappa shape index (κ3) is 3.45. The molecule has 0 bridgehead atoms. The second-order valence-corrected chi connectivity index (χ2v) is 4.81. The zero-order valence-corrected chi connectivity index (χ0v) is 12.6. The van der Waals surface area contributed by atoms with E-state index in [2.05, 4.69) is 16.6 Å². The molecule has 108 valence electrons. The van der Waals surface area contributed by atoms with Gasteiger partial charge in [-0.15, -0.1) is 6.42 Å². The summed E-state index contributed by atoms with van der Waals surface area (Å²) in [5, 5.41) is 5.81. The quantitative estimate of drug-likeness (QED) is 0.502. The molecule has 0 radical (unpaired) electrons. The van der Waals surface area contributed by atoms with E-state index in [0.717, 1.165) is 0 Å². The molecule has 1 aromatic rings. The topological polar surface area (TPSA) is 59.6 Å². The molecule has 5 nitrogen and oxygen atoms in total. The van der Waals surface area contributed by atoms with Gasteiger partial charge in [0, 0.05) is 0 Å². The minimum atomic E-state index is -0.303. The highest BCUT2D eigenvalue weighted by molar-refractivity contribution is 7.80. The summed E-state index contributed by atoms with van der Waals surface area (Å²) >= 11 is 11.0. The van der Waals surface area contributed by atoms with Crippen LogP contribution in [0, 0.1) is 12.3 Å². The van der Waals surface area contributed by atoms with Crippen LogP contribution in [0.25, 0.3) is 6.08 Å². The van der Waals surface area contributed by atoms with Crippen LogP contribution >= 0.6 is 23.8 Å². The number of carbonyl (C=O) groups excluding carboxylic acids is 1. The molecular formula is C14H11ClN2O3S. The lowest BCUT2D eigenvalue weighted by atomic mass is 10.1. The number of hydrogen-bond donors (Lipinski definition) is 2. The van der Waals surface area contributed by atoms with E-state index in [1.54, 1.807) is 18.2 Å². The normalized spacial score (nSPS) is 15.4. The maximum atomic E-state index is 11.6. The van der Waals surface area contributed by atoms with Gasteiger partial charge in [-0.3, -0.25) is 10.1 Å². The Hall–Kier alpha value is -2.23. The molecule has 0 saturated carbocycles. The standard InChI is InChI=1S/C14H11ClN2O3S/c1-3-4-20-12-9(15)5-8(7-11(12)19-2)6-10-13(18)17-14(21)16-10/h1,5-7H,4H2,2H3,(H2,16,17,18,21)/b10-6-. The molecule has 1 amide bonds. The van der Waals surface area contributed by atoms with Crippen LogP contribution in [0.5, 0.6) is 11.5 Å². The maximum absolute atomic E-state index is 11.6. The number of ether oxygens (including phenoxy) is 2. The van der Waals surface area contributed by atoms with Gasteiger partial charge in [0.1, 0.15) is 12.3 Å². The molecular weight excluding hydrogens is 312 g/mol. The lowest BCUT2D eigenvalue weighted by molar-refractivity contribution is -0.115. The fourth-order valence-electron chi connectivity index (χ4n) is 1.73. The summed E-state index contributed by atoms with van der Waals surface area (Å²) in [4.78, 5) is 11.6. The van der Waals surface area contributed by atoms with Gasteiger partial charge in [-0.2, -0.15) is 0 Å². The summed E-state index contributed by atoms with van der Waals surface area (Å²) in [7, 11) is 1.49. The first-order chi connectivity index (χ1) is 10.0. The molecule has 0 atom stereocenters. The van der Waals surface area contributed by atoms with Crippen LogP contribution in [0.4, 0.5) is 0 Å². The number of nitrogens with one attached hydrogen (secondary N) is 2. The van der Waals surface area contributed by atoms with E-state index < -0.39 is 0 Å². The van der Waals surface area contributed by atoms with Crippen LogP contribution < -0.4 is 20.1 Å². The summed E-state index contributed by atoms with van der Waals surface area (Å²) < 4.78 is 10.6. The van der Waals surface area contributed by atoms with Crippen molar-refractivity contribution >= 4 is 40.9 Å². The van der Waals surface area contributed by atoms with Gasteiger partial charge in [-0.25, -0.2) is 0 Å². The summed E-state index contributed by atoms with van der Waals surface area (Å²) in [5.74, 6) is 2.83. The van der Waals surface area contributed by atoms with Crippen LogP contribution in [0.15, 0.2) is 17.8 Å². The van der Waals surface area contributed by atoms with Crippen molar-refractivity contribution in [2.24, 2.45) is 0 Å². The number of hydrogen-bond acceptors (Lipinski definition) is 4. The van der Waals surface area contributed by atoms with Crippen molar-refractivity contribution in [3.8, 4) is 23.8 Å². The maximum Gasteiger partial charge on any atom is 0.273 e. The van der Waals surface area contributed by atoms with Crippen molar-refractivity contribution in [3.05, 3.63) is 28.4 Å². The number of terminal acetylenes is 1. The van der Waals surface area contributed by atoms with E-state index in [1.165, 1.54) is 7.11 Å². The fourth-order valence-corrected chi connectivity index (χ4v) is 2.20. The van der Waals surface area contributed by atoms with Crippen molar-refractivity contribution in [2.75, 3.05) is 13.7 Å². The molecule has 1 aliphatic heterocycles. The number of benzene rings is 1. The van der Waals surface area contributed by atoms with E-state index in [0.29, 0.717) is 27.8 Å². The molecule has 0 spiro atoms. The van der Waals surface area contributed by atoms with Crippen molar-refractivity contribution in [1.29, 1.82) is 0 Å². The van der Waals surface area contributed by atoms with Gasteiger partial charge < -0.3 is 14.8 Å². The number of amides is 1. The lowest BCUT2D eigenvalue weighted by Crippen LogP contribution is -2.21. The van der Waals surface area contributed by atoms with E-state index in [4.69, 9.17) is 39.7 Å². The number of methoxy groups -OCH3 is 1. The molecule has 1 fully saturated rings. The van der Waals surface area contributed by atoms with E-state index in [9.17, 15) is 4.79 Å². The SMILES string of the molecule is C#CCOc1c(Cl)cc(/C=C2\NC(=S)NC2=O)cc1OC. The van der Waals surface area contributed by atoms with Crippen molar-refractivity contribution < 1.29 is 14.3 Å². The zero-order valence-electron chi connectivity index (χ0n) is 11.0. The zero-order chi connectivity index (χ0) is 15.4. The molecule has 1 aliphatic rings. The third-order valence-electron chi connectivity index (χ3n) is 2.58. The van der Waals surface area contributed by atoms with Gasteiger partial charge in [-0.05, 0) is 36.0 Å². The Morgan fingerprint density at radius 1 is 1.48 bits per heavy atom. The molecule has 0 aromatic heterocycles. The average Bonchev–Trinajstić information content (AvgIpc) is 2.75. The number of halogens is 1. The summed E-state index contributed by atoms with van der Waals surface area (Å²) in [6.45, 7) is 0.0781. The second-order valence-electron chi connectivity index (χ2n) is 3.99. The number of thiocarbonyl (C=S) groups is 1. The Morgan fingerprint density at radius 3 is 2.81 bits per heavy atom. The predicted octanol–water partition coefficient (Wildman–Crippen LogP) is 1.71. The van der Waals surface area contributed by atoms with Gasteiger partial charge in [-0.1, -0.05) is 17.5 Å². The first-order valence-corrected chi connectivity index (χ1v) is 6.61. The van der Waals surface area contributed by atoms with Gasteiger partial charge in [0.25, 0.3) is 5.91 Å². The first kappa shape index (κ1) is 15.2. The monoisotopic (exact) mass is 322 g/mol. The Morgan fingerprint density at radius 2 is 2.24 bits per heavy atom. The van der Waals surface area contributed by atoms with Gasteiger partial charge in [0.05, 0.1) is 12.1 Å². The van der Waals surface area contributed by atoms with Crippen molar-refractivity contribution in [1.82, 2.24) is 10.6 Å². The molecule has 21 heavy (non-hydrogen) atoms. The van der Waals surface area contributed by atoms with Gasteiger partial charge in [0.15, 0.2) is 16.6 Å². The minimum Gasteiger partial charge on any atom is -0.493 e. The van der Waals surface area contributed by atoms with E-state index in [1.807, 2.05) is 0 Å². The summed E-state index contributed by atoms with van der Waals surface area (Å²) in [5.41, 5.74) is 0.989. The Bertz CT molecular complexity index is 680. The molecule has 1 saturated heterocycles. The number of rotatable bonds is 4. The lowest BCUT2D eigenvalue weighted by Gasteiger charge is -2.11. The first-order valence-electron chi connectivity index (χ1n) is 5.83. The third-order valence-corrected chi connectivity index (χ3v) is 3.07. The Kier molecular flexibility index (Phi) is 4.68. The van der Waals surface area contributed by atoms with Crippen LogP contribution in [0.2, 0.25) is 5.02 Å². The molecule has 0 unspecified atom stereocenters. The van der Waals surface area contributed by atoms with Crippen LogP contribution in [-0.2, 0) is 4.79 Å². The van der Waals surface area contributed by atoms with Crippen molar-refractivity contribution in [3.63, 3.8) is 0 Å². The average molecular weight is 323 g/mol. The highest BCUT2D eigenvalue weighted by Gasteiger charge is 2.20. The fraction of sp³-hybridized carbons (Fsp3) is 0.143. The van der Waals surface area contributed by atoms with Crippen molar-refractivity contribution in [2.45, 2.75) is 0 Å². The Labute approximate surface area is 132 Å². The molecule has 0 aliphatic carbocycles. The van der Waals surface area contributed by atoms with Crippen LogP contribution in [0.1, 0.15) is 5.56 Å². The molecule has 1 heterocycles. The predicted molar refractivity (Wildman–Crippen MR) is 84.2 cm³/mol.